The minimum Gasteiger partial charge on any atom is -0.477 e. The molecule has 0 saturated carbocycles. The van der Waals surface area contributed by atoms with E-state index in [1.54, 1.807) is 36.0 Å². The Morgan fingerprint density at radius 2 is 1.79 bits per heavy atom. The van der Waals surface area contributed by atoms with Crippen molar-refractivity contribution in [3.8, 4) is 11.1 Å². The molecule has 42 heavy (non-hydrogen) atoms. The fraction of sp³-hybridized carbons (Fsp3) is 0.483. The van der Waals surface area contributed by atoms with Crippen molar-refractivity contribution in [3.63, 3.8) is 0 Å². The standard InChI is InChI=1S/C29H37FN2O9S/c1-2-42-14-6-13-40-29(28(38)39)15-21(33)24(32-23(35)16-30)26(41-29)25(36)22(34)17-31-27(37)20-11-9-19(10-12-20)18-7-4-3-5-8-18/h3-5,7-12,21-22,24-26,33-34,36H,2,6,13-17H2,1H3,(H,31,37)(H,32,35)(H,38,39)/t21?,22-,24-,25?,26-,29-/m1/s1. The average molecular weight is 609 g/mol. The number of rotatable bonds is 15. The molecule has 2 amide bonds. The van der Waals surface area contributed by atoms with Gasteiger partial charge in [0, 0.05) is 18.5 Å². The zero-order chi connectivity index (χ0) is 30.7. The molecule has 230 valence electrons. The van der Waals surface area contributed by atoms with Gasteiger partial charge in [-0.3, -0.25) is 9.59 Å². The Labute approximate surface area is 247 Å². The van der Waals surface area contributed by atoms with Gasteiger partial charge in [0.25, 0.3) is 17.6 Å². The molecule has 0 radical (unpaired) electrons. The van der Waals surface area contributed by atoms with Crippen molar-refractivity contribution in [2.24, 2.45) is 0 Å². The van der Waals surface area contributed by atoms with Gasteiger partial charge in [-0.15, -0.1) is 0 Å². The van der Waals surface area contributed by atoms with Crippen LogP contribution in [0, 0.1) is 0 Å². The van der Waals surface area contributed by atoms with E-state index in [4.69, 9.17) is 9.47 Å². The summed E-state index contributed by atoms with van der Waals surface area (Å²) in [4.78, 5) is 36.8. The Hall–Kier alpha value is -3.07. The number of ether oxygens (including phenoxy) is 2. The van der Waals surface area contributed by atoms with E-state index in [9.17, 15) is 39.2 Å². The first-order valence-electron chi connectivity index (χ1n) is 13.6. The van der Waals surface area contributed by atoms with Crippen LogP contribution in [0.15, 0.2) is 54.6 Å². The lowest BCUT2D eigenvalue weighted by molar-refractivity contribution is -0.310. The Morgan fingerprint density at radius 1 is 1.12 bits per heavy atom. The highest BCUT2D eigenvalue weighted by molar-refractivity contribution is 7.99. The van der Waals surface area contributed by atoms with E-state index in [-0.39, 0.29) is 12.2 Å². The number of carboxylic acids is 1. The van der Waals surface area contributed by atoms with Crippen LogP contribution in [0.25, 0.3) is 11.1 Å². The summed E-state index contributed by atoms with van der Waals surface area (Å²) in [5.41, 5.74) is 2.15. The summed E-state index contributed by atoms with van der Waals surface area (Å²) in [5, 5.41) is 47.1. The van der Waals surface area contributed by atoms with Gasteiger partial charge >= 0.3 is 5.97 Å². The van der Waals surface area contributed by atoms with Gasteiger partial charge in [-0.25, -0.2) is 9.18 Å². The van der Waals surface area contributed by atoms with Crippen LogP contribution in [0.2, 0.25) is 0 Å². The summed E-state index contributed by atoms with van der Waals surface area (Å²) in [5.74, 6) is -4.13. The van der Waals surface area contributed by atoms with E-state index >= 15 is 0 Å². The lowest BCUT2D eigenvalue weighted by atomic mass is 9.88. The molecule has 1 aliphatic heterocycles. The minimum atomic E-state index is -2.40. The molecule has 0 bridgehead atoms. The molecule has 6 N–H and O–H groups in total. The molecule has 1 aliphatic rings. The predicted octanol–water partition coefficient (Wildman–Crippen LogP) is 1.35. The van der Waals surface area contributed by atoms with E-state index in [1.807, 2.05) is 37.3 Å². The van der Waals surface area contributed by atoms with Crippen molar-refractivity contribution in [2.45, 2.75) is 56.0 Å². The van der Waals surface area contributed by atoms with E-state index < -0.39 is 73.7 Å². The number of carbonyl (C=O) groups excluding carboxylic acids is 2. The number of halogens is 1. The van der Waals surface area contributed by atoms with E-state index in [0.717, 1.165) is 16.9 Å². The first-order chi connectivity index (χ1) is 20.1. The lowest BCUT2D eigenvalue weighted by Gasteiger charge is -2.46. The number of carboxylic acid groups (broad SMARTS) is 1. The molecular weight excluding hydrogens is 571 g/mol. The predicted molar refractivity (Wildman–Crippen MR) is 154 cm³/mol. The van der Waals surface area contributed by atoms with Gasteiger partial charge in [0.05, 0.1) is 24.9 Å². The van der Waals surface area contributed by atoms with Gasteiger partial charge in [-0.05, 0) is 41.2 Å². The third kappa shape index (κ3) is 8.72. The Bertz CT molecular complexity index is 1170. The van der Waals surface area contributed by atoms with Crippen LogP contribution in [0.1, 0.15) is 30.1 Å². The summed E-state index contributed by atoms with van der Waals surface area (Å²) in [7, 11) is 0. The molecule has 2 unspecified atom stereocenters. The normalized spacial score (nSPS) is 23.5. The van der Waals surface area contributed by atoms with Crippen molar-refractivity contribution < 1.29 is 48.7 Å². The lowest BCUT2D eigenvalue weighted by Crippen LogP contribution is -2.68. The zero-order valence-electron chi connectivity index (χ0n) is 23.1. The minimum absolute atomic E-state index is 0.0436. The summed E-state index contributed by atoms with van der Waals surface area (Å²) >= 11 is 1.62. The highest BCUT2D eigenvalue weighted by Gasteiger charge is 2.55. The molecule has 0 aromatic heterocycles. The molecule has 2 aromatic carbocycles. The van der Waals surface area contributed by atoms with Crippen molar-refractivity contribution in [3.05, 3.63) is 60.2 Å². The first-order valence-corrected chi connectivity index (χ1v) is 14.7. The monoisotopic (exact) mass is 608 g/mol. The second-order valence-corrected chi connectivity index (χ2v) is 11.1. The largest absolute Gasteiger partial charge is 0.477 e. The van der Waals surface area contributed by atoms with Crippen LogP contribution < -0.4 is 10.6 Å². The van der Waals surface area contributed by atoms with Gasteiger partial charge in [0.2, 0.25) is 0 Å². The number of alkyl halides is 1. The highest BCUT2D eigenvalue weighted by atomic mass is 32.2. The summed E-state index contributed by atoms with van der Waals surface area (Å²) in [6.45, 7) is -0.00516. The van der Waals surface area contributed by atoms with Crippen LogP contribution in [0.4, 0.5) is 4.39 Å². The van der Waals surface area contributed by atoms with Crippen LogP contribution in [-0.2, 0) is 19.1 Å². The van der Waals surface area contributed by atoms with Gasteiger partial charge in [-0.2, -0.15) is 11.8 Å². The van der Waals surface area contributed by atoms with Crippen molar-refractivity contribution >= 4 is 29.5 Å². The summed E-state index contributed by atoms with van der Waals surface area (Å²) in [6.07, 6.45) is -7.19. The average Bonchev–Trinajstić information content (AvgIpc) is 3.00. The number of aliphatic carboxylic acids is 1. The molecule has 1 saturated heterocycles. The fourth-order valence-corrected chi connectivity index (χ4v) is 5.18. The number of nitrogens with one attached hydrogen (secondary N) is 2. The van der Waals surface area contributed by atoms with Crippen LogP contribution >= 0.6 is 11.8 Å². The van der Waals surface area contributed by atoms with Gasteiger partial charge < -0.3 is 40.5 Å². The van der Waals surface area contributed by atoms with Crippen molar-refractivity contribution in [1.29, 1.82) is 0 Å². The molecule has 11 nitrogen and oxygen atoms in total. The number of hydrogen-bond donors (Lipinski definition) is 6. The van der Waals surface area contributed by atoms with E-state index in [1.165, 1.54) is 0 Å². The molecule has 3 rings (SSSR count). The van der Waals surface area contributed by atoms with Crippen molar-refractivity contribution in [1.82, 2.24) is 10.6 Å². The molecule has 0 aliphatic carbocycles. The Kier molecular flexibility index (Phi) is 12.7. The van der Waals surface area contributed by atoms with Crippen molar-refractivity contribution in [2.75, 3.05) is 31.3 Å². The SMILES string of the molecule is CCSCCCO[C@]1(C(=O)O)CC(O)[C@@H](NC(=O)CF)[C@H](C(O)[C@H](O)CNC(=O)c2ccc(-c3ccccc3)cc2)O1. The first kappa shape index (κ1) is 33.4. The second kappa shape index (κ2) is 16.0. The number of carbonyl (C=O) groups is 3. The maximum Gasteiger partial charge on any atom is 0.364 e. The number of aliphatic hydroxyl groups excluding tert-OH is 3. The molecule has 13 heteroatoms. The maximum absolute atomic E-state index is 13.0. The van der Waals surface area contributed by atoms with Crippen LogP contribution in [-0.4, -0.2) is 106 Å². The third-order valence-corrected chi connectivity index (χ3v) is 7.76. The third-order valence-electron chi connectivity index (χ3n) is 6.78. The molecule has 2 aromatic rings. The van der Waals surface area contributed by atoms with Gasteiger partial charge in [0.15, 0.2) is 6.67 Å². The summed E-state index contributed by atoms with van der Waals surface area (Å²) < 4.78 is 24.2. The van der Waals surface area contributed by atoms with Crippen LogP contribution in [0.3, 0.4) is 0 Å². The number of amides is 2. The Morgan fingerprint density at radius 3 is 2.40 bits per heavy atom. The maximum atomic E-state index is 13.0. The van der Waals surface area contributed by atoms with E-state index in [2.05, 4.69) is 10.6 Å². The fourth-order valence-electron chi connectivity index (χ4n) is 4.57. The second-order valence-electron chi connectivity index (χ2n) is 9.75. The zero-order valence-corrected chi connectivity index (χ0v) is 24.0. The van der Waals surface area contributed by atoms with Gasteiger partial charge in [-0.1, -0.05) is 49.4 Å². The molecule has 1 fully saturated rings. The number of aliphatic hydroxyl groups is 3. The molecule has 0 spiro atoms. The number of benzene rings is 2. The molecular formula is C29H37FN2O9S. The van der Waals surface area contributed by atoms with Crippen LogP contribution in [0.5, 0.6) is 0 Å². The molecule has 1 heterocycles. The highest BCUT2D eigenvalue weighted by Crippen LogP contribution is 2.34. The Balaban J connectivity index is 1.70. The summed E-state index contributed by atoms with van der Waals surface area (Å²) in [6, 6.07) is 14.8. The van der Waals surface area contributed by atoms with Gasteiger partial charge in [0.1, 0.15) is 12.2 Å². The topological polar surface area (TPSA) is 175 Å². The number of hydrogen-bond acceptors (Lipinski definition) is 9. The quantitative estimate of drug-likeness (QED) is 0.162. The van der Waals surface area contributed by atoms with E-state index in [0.29, 0.717) is 12.2 Å². The number of thioether (sulfide) groups is 1. The smallest absolute Gasteiger partial charge is 0.364 e. The molecule has 6 atom stereocenters.